The first-order valence-electron chi connectivity index (χ1n) is 11.9. The first kappa shape index (κ1) is 20.7. The summed E-state index contributed by atoms with van der Waals surface area (Å²) in [7, 11) is 0. The van der Waals surface area contributed by atoms with Crippen molar-refractivity contribution in [1.82, 2.24) is 15.5 Å². The molecule has 2 aliphatic carbocycles. The van der Waals surface area contributed by atoms with Crippen LogP contribution in [0.25, 0.3) is 0 Å². The smallest absolute Gasteiger partial charge is 0.246 e. The van der Waals surface area contributed by atoms with E-state index in [1.54, 1.807) is 11.0 Å². The van der Waals surface area contributed by atoms with Gasteiger partial charge in [0.05, 0.1) is 17.9 Å². The Labute approximate surface area is 183 Å². The largest absolute Gasteiger partial charge is 0.359 e. The lowest BCUT2D eigenvalue weighted by Crippen LogP contribution is -2.56. The molecule has 1 spiro atoms. The van der Waals surface area contributed by atoms with E-state index in [4.69, 9.17) is 4.74 Å². The van der Waals surface area contributed by atoms with Gasteiger partial charge in [-0.2, -0.15) is 0 Å². The Balaban J connectivity index is 1.40. The number of rotatable bonds is 6. The summed E-state index contributed by atoms with van der Waals surface area (Å²) in [4.78, 5) is 41.8. The fourth-order valence-corrected chi connectivity index (χ4v) is 6.50. The maximum absolute atomic E-state index is 13.5. The third kappa shape index (κ3) is 3.32. The number of hydrogen-bond donors (Lipinski definition) is 2. The first-order valence-corrected chi connectivity index (χ1v) is 11.9. The first-order chi connectivity index (χ1) is 15.0. The van der Waals surface area contributed by atoms with Gasteiger partial charge >= 0.3 is 0 Å². The van der Waals surface area contributed by atoms with E-state index in [1.165, 1.54) is 6.42 Å². The monoisotopic (exact) mass is 427 g/mol. The summed E-state index contributed by atoms with van der Waals surface area (Å²) < 4.78 is 6.32. The number of hydrogen-bond acceptors (Lipinski definition) is 4. The molecule has 5 rings (SSSR count). The number of fused-ring (bicyclic) bond motifs is 1. The summed E-state index contributed by atoms with van der Waals surface area (Å²) in [6.07, 6.45) is 14.5. The molecule has 0 unspecified atom stereocenters. The Morgan fingerprint density at radius 3 is 2.32 bits per heavy atom. The molecule has 0 aromatic heterocycles. The van der Waals surface area contributed by atoms with Crippen molar-refractivity contribution in [3.63, 3.8) is 0 Å². The average molecular weight is 428 g/mol. The summed E-state index contributed by atoms with van der Waals surface area (Å²) in [5.41, 5.74) is -1.07. The molecule has 3 heterocycles. The fourth-order valence-electron chi connectivity index (χ4n) is 6.50. The highest BCUT2D eigenvalue weighted by Gasteiger charge is 2.72. The van der Waals surface area contributed by atoms with Crippen molar-refractivity contribution in [1.29, 1.82) is 0 Å². The van der Waals surface area contributed by atoms with Crippen LogP contribution < -0.4 is 10.6 Å². The van der Waals surface area contributed by atoms with Gasteiger partial charge in [0.25, 0.3) is 0 Å². The van der Waals surface area contributed by atoms with E-state index in [9.17, 15) is 14.4 Å². The van der Waals surface area contributed by atoms with Crippen LogP contribution in [0.4, 0.5) is 0 Å². The zero-order valence-electron chi connectivity index (χ0n) is 18.1. The van der Waals surface area contributed by atoms with Gasteiger partial charge in [-0.15, -0.1) is 6.58 Å². The Morgan fingerprint density at radius 2 is 1.68 bits per heavy atom. The molecule has 5 atom stereocenters. The molecular formula is C24H33N3O4. The van der Waals surface area contributed by atoms with Crippen molar-refractivity contribution < 1.29 is 19.1 Å². The molecule has 2 N–H and O–H groups in total. The number of amides is 3. The van der Waals surface area contributed by atoms with Crippen molar-refractivity contribution in [2.45, 2.75) is 87.6 Å². The highest BCUT2D eigenvalue weighted by atomic mass is 16.5. The fraction of sp³-hybridized carbons (Fsp3) is 0.708. The number of likely N-dealkylation sites (tertiary alicyclic amines) is 1. The minimum atomic E-state index is -1.07. The van der Waals surface area contributed by atoms with Gasteiger partial charge in [0, 0.05) is 18.6 Å². The average Bonchev–Trinajstić information content (AvgIpc) is 3.52. The lowest BCUT2D eigenvalue weighted by Gasteiger charge is -2.32. The maximum atomic E-state index is 13.5. The van der Waals surface area contributed by atoms with E-state index in [0.29, 0.717) is 0 Å². The normalized spacial score (nSPS) is 37.3. The molecule has 7 nitrogen and oxygen atoms in total. The van der Waals surface area contributed by atoms with Crippen LogP contribution >= 0.6 is 0 Å². The van der Waals surface area contributed by atoms with Crippen molar-refractivity contribution >= 4 is 17.7 Å². The van der Waals surface area contributed by atoms with E-state index in [0.717, 1.165) is 51.4 Å². The number of nitrogens with one attached hydrogen (secondary N) is 2. The minimum Gasteiger partial charge on any atom is -0.359 e. The molecule has 0 aromatic carbocycles. The number of ether oxygens (including phenoxy) is 1. The van der Waals surface area contributed by atoms with Crippen molar-refractivity contribution in [2.75, 3.05) is 6.54 Å². The molecule has 7 heteroatoms. The van der Waals surface area contributed by atoms with Crippen LogP contribution in [0, 0.1) is 11.8 Å². The van der Waals surface area contributed by atoms with Gasteiger partial charge in [0.1, 0.15) is 11.6 Å². The zero-order chi connectivity index (χ0) is 21.6. The molecule has 3 aliphatic heterocycles. The molecule has 4 fully saturated rings. The van der Waals surface area contributed by atoms with Crippen molar-refractivity contribution in [3.8, 4) is 0 Å². The number of nitrogens with zero attached hydrogens (tertiary/aromatic N) is 1. The van der Waals surface area contributed by atoms with Gasteiger partial charge in [-0.3, -0.25) is 14.4 Å². The predicted octanol–water partition coefficient (Wildman–Crippen LogP) is 1.83. The van der Waals surface area contributed by atoms with Crippen LogP contribution in [0.1, 0.15) is 57.8 Å². The standard InChI is InChI=1S/C24H33N3O4/c1-2-14-27-20(22(29)26-16-10-6-7-11-16)24-13-12-17(31-24)18(19(24)23(27)30)21(28)25-15-8-4-3-5-9-15/h2,12-13,15-20H,1,3-11,14H2,(H,25,28)(H,26,29)/t17-,18-,19+,20+,24+/m1/s1. The topological polar surface area (TPSA) is 87.7 Å². The molecule has 168 valence electrons. The Kier molecular flexibility index (Phi) is 5.40. The molecule has 2 bridgehead atoms. The Hall–Kier alpha value is -2.15. The Bertz CT molecular complexity index is 799. The van der Waals surface area contributed by atoms with Crippen molar-refractivity contribution in [3.05, 3.63) is 24.8 Å². The Morgan fingerprint density at radius 1 is 1.06 bits per heavy atom. The van der Waals surface area contributed by atoms with E-state index < -0.39 is 29.6 Å². The minimum absolute atomic E-state index is 0.114. The van der Waals surface area contributed by atoms with Crippen LogP contribution in [-0.2, 0) is 19.1 Å². The summed E-state index contributed by atoms with van der Waals surface area (Å²) in [5.74, 6) is -1.72. The molecule has 0 radical (unpaired) electrons. The van der Waals surface area contributed by atoms with Crippen molar-refractivity contribution in [2.24, 2.45) is 11.8 Å². The lowest BCUT2D eigenvalue weighted by molar-refractivity contribution is -0.141. The number of carbonyl (C=O) groups excluding carboxylic acids is 3. The van der Waals surface area contributed by atoms with Crippen LogP contribution in [0.3, 0.4) is 0 Å². The highest BCUT2D eigenvalue weighted by molar-refractivity contribution is 6.00. The third-order valence-corrected chi connectivity index (χ3v) is 7.90. The van der Waals surface area contributed by atoms with Crippen LogP contribution in [0.5, 0.6) is 0 Å². The number of carbonyl (C=O) groups is 3. The van der Waals surface area contributed by atoms with Crippen LogP contribution in [-0.4, -0.2) is 59.0 Å². The van der Waals surface area contributed by atoms with Gasteiger partial charge < -0.3 is 20.3 Å². The molecule has 0 aromatic rings. The van der Waals surface area contributed by atoms with Gasteiger partial charge in [-0.25, -0.2) is 0 Å². The van der Waals surface area contributed by atoms with E-state index >= 15 is 0 Å². The maximum Gasteiger partial charge on any atom is 0.246 e. The quantitative estimate of drug-likeness (QED) is 0.633. The molecule has 5 aliphatic rings. The van der Waals surface area contributed by atoms with Gasteiger partial charge in [0.15, 0.2) is 0 Å². The van der Waals surface area contributed by atoms with Gasteiger partial charge in [0.2, 0.25) is 17.7 Å². The summed E-state index contributed by atoms with van der Waals surface area (Å²) in [6, 6.07) is -0.448. The zero-order valence-corrected chi connectivity index (χ0v) is 18.1. The van der Waals surface area contributed by atoms with E-state index in [1.807, 2.05) is 12.2 Å². The van der Waals surface area contributed by atoms with E-state index in [-0.39, 0.29) is 36.3 Å². The highest BCUT2D eigenvalue weighted by Crippen LogP contribution is 2.55. The molecule has 2 saturated heterocycles. The molecular weight excluding hydrogens is 394 g/mol. The van der Waals surface area contributed by atoms with Crippen LogP contribution in [0.15, 0.2) is 24.8 Å². The second-order valence-corrected chi connectivity index (χ2v) is 9.81. The molecule has 31 heavy (non-hydrogen) atoms. The van der Waals surface area contributed by atoms with E-state index in [2.05, 4.69) is 17.2 Å². The second kappa shape index (κ2) is 8.08. The van der Waals surface area contributed by atoms with Gasteiger partial charge in [-0.05, 0) is 25.7 Å². The van der Waals surface area contributed by atoms with Crippen LogP contribution in [0.2, 0.25) is 0 Å². The molecule has 2 saturated carbocycles. The summed E-state index contributed by atoms with van der Waals surface area (Å²) in [6.45, 7) is 4.04. The molecule has 3 amide bonds. The third-order valence-electron chi connectivity index (χ3n) is 7.90. The predicted molar refractivity (Wildman–Crippen MR) is 115 cm³/mol. The lowest BCUT2D eigenvalue weighted by atomic mass is 9.74. The SMILES string of the molecule is C=CCN1C(=O)[C@@H]2[C@H](C(=O)NC3CCCCC3)[C@H]3C=C[C@@]2(O3)[C@@H]1C(=O)NC1CCCC1. The second-order valence-electron chi connectivity index (χ2n) is 9.81. The summed E-state index contributed by atoms with van der Waals surface area (Å²) >= 11 is 0. The summed E-state index contributed by atoms with van der Waals surface area (Å²) in [5, 5.41) is 6.33. The van der Waals surface area contributed by atoms with Gasteiger partial charge in [-0.1, -0.05) is 50.3 Å².